The molecule has 5 nitrogen and oxygen atoms in total. The highest BCUT2D eigenvalue weighted by molar-refractivity contribution is 5.86. The van der Waals surface area contributed by atoms with Crippen molar-refractivity contribution in [2.75, 3.05) is 6.61 Å². The summed E-state index contributed by atoms with van der Waals surface area (Å²) in [5, 5.41) is 10.4. The van der Waals surface area contributed by atoms with Gasteiger partial charge in [0.15, 0.2) is 0 Å². The number of phenols is 1. The Morgan fingerprint density at radius 3 is 1.97 bits per heavy atom. The minimum absolute atomic E-state index is 0.157. The Balaban J connectivity index is 1.18. The van der Waals surface area contributed by atoms with Crippen LogP contribution in [0.3, 0.4) is 0 Å². The van der Waals surface area contributed by atoms with E-state index in [4.69, 9.17) is 4.74 Å². The highest BCUT2D eigenvalue weighted by atomic mass is 16.5. The van der Waals surface area contributed by atoms with Gasteiger partial charge in [-0.3, -0.25) is 0 Å². The van der Waals surface area contributed by atoms with E-state index in [1.54, 1.807) is 12.3 Å². The Bertz CT molecular complexity index is 1010. The lowest BCUT2D eigenvalue weighted by Gasteiger charge is -2.08. The molecule has 0 fully saturated rings. The molecule has 0 aliphatic rings. The van der Waals surface area contributed by atoms with Crippen LogP contribution in [-0.2, 0) is 0 Å². The molecule has 202 valence electrons. The average Bonchev–Trinajstić information content (AvgIpc) is 3.33. The Kier molecular flexibility index (Phi) is 13.7. The zero-order valence-corrected chi connectivity index (χ0v) is 22.9. The van der Waals surface area contributed by atoms with Crippen molar-refractivity contribution in [1.82, 2.24) is 9.97 Å². The Morgan fingerprint density at radius 2 is 1.38 bits per heavy atom. The second-order valence-corrected chi connectivity index (χ2v) is 10.2. The molecule has 0 radical (unpaired) electrons. The third-order valence-electron chi connectivity index (χ3n) is 6.97. The summed E-state index contributed by atoms with van der Waals surface area (Å²) in [6, 6.07) is 13.2. The molecule has 2 N–H and O–H groups in total. The molecule has 1 heterocycles. The number of H-pyrrole nitrogens is 1. The normalized spacial score (nSPS) is 11.6. The number of nitrogens with one attached hydrogen (secondary N) is 1. The van der Waals surface area contributed by atoms with Crippen molar-refractivity contribution in [2.45, 2.75) is 110 Å². The molecule has 0 atom stereocenters. The molecule has 37 heavy (non-hydrogen) atoms. The van der Waals surface area contributed by atoms with Crippen molar-refractivity contribution < 1.29 is 9.84 Å². The second-order valence-electron chi connectivity index (χ2n) is 10.2. The molecule has 0 spiro atoms. The van der Waals surface area contributed by atoms with Gasteiger partial charge in [0.1, 0.15) is 11.5 Å². The lowest BCUT2D eigenvalue weighted by Crippen LogP contribution is -1.97. The van der Waals surface area contributed by atoms with Crippen LogP contribution in [0.4, 0.5) is 5.95 Å². The number of unbranched alkanes of at least 4 members (excludes halogenated alkanes) is 15. The van der Waals surface area contributed by atoms with E-state index in [1.165, 1.54) is 96.3 Å². The number of rotatable bonds is 20. The van der Waals surface area contributed by atoms with Gasteiger partial charge in [0.2, 0.25) is 5.95 Å². The number of hydrogen-bond donors (Lipinski definition) is 2. The highest BCUT2D eigenvalue weighted by Crippen LogP contribution is 2.24. The number of aromatic nitrogens is 2. The quantitative estimate of drug-likeness (QED) is 0.119. The van der Waals surface area contributed by atoms with Crippen LogP contribution in [0.5, 0.6) is 11.5 Å². The van der Waals surface area contributed by atoms with Gasteiger partial charge < -0.3 is 14.8 Å². The largest absolute Gasteiger partial charge is 0.507 e. The first-order valence-electron chi connectivity index (χ1n) is 14.7. The summed E-state index contributed by atoms with van der Waals surface area (Å²) in [7, 11) is 0. The fourth-order valence-corrected chi connectivity index (χ4v) is 4.69. The van der Waals surface area contributed by atoms with Crippen LogP contribution in [0.15, 0.2) is 47.5 Å². The number of phenolic OH excluding ortho intramolecular Hbond substituents is 1. The minimum atomic E-state index is 0.157. The first-order chi connectivity index (χ1) is 18.3. The average molecular weight is 506 g/mol. The number of fused-ring (bicyclic) bond motifs is 1. The lowest BCUT2D eigenvalue weighted by atomic mass is 10.0. The SMILES string of the molecule is CCCCCCCCCCCCCCCCCCOc1ccc(/C=N/c2nc3ccccc3[nH]2)c(O)c1. The monoisotopic (exact) mass is 505 g/mol. The van der Waals surface area contributed by atoms with E-state index >= 15 is 0 Å². The maximum absolute atomic E-state index is 10.4. The first-order valence-corrected chi connectivity index (χ1v) is 14.7. The van der Waals surface area contributed by atoms with Crippen LogP contribution in [-0.4, -0.2) is 27.9 Å². The summed E-state index contributed by atoms with van der Waals surface area (Å²) in [6.45, 7) is 2.97. The number of aromatic amines is 1. The van der Waals surface area contributed by atoms with Crippen molar-refractivity contribution in [1.29, 1.82) is 0 Å². The predicted octanol–water partition coefficient (Wildman–Crippen LogP) is 9.66. The van der Waals surface area contributed by atoms with Gasteiger partial charge in [-0.25, -0.2) is 9.98 Å². The van der Waals surface area contributed by atoms with E-state index in [0.29, 0.717) is 23.9 Å². The maximum Gasteiger partial charge on any atom is 0.227 e. The van der Waals surface area contributed by atoms with Crippen molar-refractivity contribution >= 4 is 23.2 Å². The first kappa shape index (κ1) is 28.7. The fraction of sp³-hybridized carbons (Fsp3) is 0.562. The zero-order chi connectivity index (χ0) is 26.0. The van der Waals surface area contributed by atoms with E-state index in [0.717, 1.165) is 17.5 Å². The number of nitrogens with zero attached hydrogens (tertiary/aromatic N) is 2. The van der Waals surface area contributed by atoms with Crippen molar-refractivity contribution in [2.24, 2.45) is 4.99 Å². The van der Waals surface area contributed by atoms with Gasteiger partial charge in [0.05, 0.1) is 17.6 Å². The molecule has 3 rings (SSSR count). The van der Waals surface area contributed by atoms with E-state index in [-0.39, 0.29) is 5.75 Å². The maximum atomic E-state index is 10.4. The predicted molar refractivity (Wildman–Crippen MR) is 156 cm³/mol. The molecule has 0 unspecified atom stereocenters. The van der Waals surface area contributed by atoms with Crippen molar-refractivity contribution in [3.63, 3.8) is 0 Å². The van der Waals surface area contributed by atoms with E-state index < -0.39 is 0 Å². The number of imidazole rings is 1. The standard InChI is InChI=1S/C32H47N3O2/c1-2-3-4-5-6-7-8-9-10-11-12-13-14-15-16-19-24-37-28-23-22-27(31(36)25-28)26-33-32-34-29-20-17-18-21-30(29)35-32/h17-18,20-23,25-26,36H,2-16,19,24H2,1H3,(H,34,35)/b33-26+. The molecule has 1 aromatic heterocycles. The topological polar surface area (TPSA) is 70.5 Å². The Morgan fingerprint density at radius 1 is 0.784 bits per heavy atom. The molecule has 0 aliphatic carbocycles. The molecular formula is C32H47N3O2. The van der Waals surface area contributed by atoms with Crippen LogP contribution < -0.4 is 4.74 Å². The summed E-state index contributed by atoms with van der Waals surface area (Å²) in [5.74, 6) is 1.37. The number of ether oxygens (including phenoxy) is 1. The van der Waals surface area contributed by atoms with Crippen molar-refractivity contribution in [3.05, 3.63) is 48.0 Å². The van der Waals surface area contributed by atoms with Crippen molar-refractivity contribution in [3.8, 4) is 11.5 Å². The summed E-state index contributed by atoms with van der Waals surface area (Å²) in [4.78, 5) is 11.9. The van der Waals surface area contributed by atoms with Gasteiger partial charge in [0, 0.05) is 17.8 Å². The summed E-state index contributed by atoms with van der Waals surface area (Å²) in [6.07, 6.45) is 23.4. The van der Waals surface area contributed by atoms with Crippen LogP contribution in [0, 0.1) is 0 Å². The second kappa shape index (κ2) is 17.6. The van der Waals surface area contributed by atoms with Gasteiger partial charge >= 0.3 is 0 Å². The number of benzene rings is 2. The number of aliphatic imine (C=N–C) groups is 1. The zero-order valence-electron chi connectivity index (χ0n) is 22.9. The summed E-state index contributed by atoms with van der Waals surface area (Å²) < 4.78 is 5.84. The Hall–Kier alpha value is -2.82. The fourth-order valence-electron chi connectivity index (χ4n) is 4.69. The van der Waals surface area contributed by atoms with E-state index in [9.17, 15) is 5.11 Å². The van der Waals surface area contributed by atoms with Gasteiger partial charge in [-0.15, -0.1) is 0 Å². The van der Waals surface area contributed by atoms with E-state index in [2.05, 4.69) is 21.9 Å². The van der Waals surface area contributed by atoms with Gasteiger partial charge in [-0.2, -0.15) is 0 Å². The summed E-state index contributed by atoms with van der Waals surface area (Å²) >= 11 is 0. The number of aromatic hydroxyl groups is 1. The highest BCUT2D eigenvalue weighted by Gasteiger charge is 2.04. The molecule has 0 saturated heterocycles. The van der Waals surface area contributed by atoms with E-state index in [1.807, 2.05) is 36.4 Å². The molecule has 0 amide bonds. The van der Waals surface area contributed by atoms with Crippen LogP contribution in [0.1, 0.15) is 115 Å². The third-order valence-corrected chi connectivity index (χ3v) is 6.97. The van der Waals surface area contributed by atoms with Gasteiger partial charge in [-0.1, -0.05) is 115 Å². The van der Waals surface area contributed by atoms with Crippen LogP contribution in [0.25, 0.3) is 11.0 Å². The third kappa shape index (κ3) is 11.4. The number of para-hydroxylation sites is 2. The molecule has 0 aliphatic heterocycles. The molecular weight excluding hydrogens is 458 g/mol. The number of hydrogen-bond acceptors (Lipinski definition) is 4. The van der Waals surface area contributed by atoms with Crippen LogP contribution >= 0.6 is 0 Å². The molecule has 3 aromatic rings. The smallest absolute Gasteiger partial charge is 0.227 e. The molecule has 2 aromatic carbocycles. The molecule has 0 bridgehead atoms. The summed E-state index contributed by atoms with van der Waals surface area (Å²) in [5.41, 5.74) is 2.45. The van der Waals surface area contributed by atoms with Gasteiger partial charge in [-0.05, 0) is 30.7 Å². The Labute approximate surface area is 223 Å². The molecule has 5 heteroatoms. The molecule has 0 saturated carbocycles. The minimum Gasteiger partial charge on any atom is -0.507 e. The lowest BCUT2D eigenvalue weighted by molar-refractivity contribution is 0.302. The van der Waals surface area contributed by atoms with Gasteiger partial charge in [0.25, 0.3) is 0 Å². The van der Waals surface area contributed by atoms with Crippen LogP contribution in [0.2, 0.25) is 0 Å².